The van der Waals surface area contributed by atoms with Crippen LogP contribution in [0.2, 0.25) is 0 Å². The standard InChI is InChI=1S/C62H52N4/c1-5-9-21-44(6-2)50-28-19-30-52(40-50)58-42-56(46-24-15-11-16-25-46)63-60(65-58)48-32-36-54(37-33-48)62(7-3,8-4)55-38-34-49(35-39-55)61-64-57(47-26-17-12-18-27-47)43-59(66-61)53-31-20-29-51(41-53)45-22-13-10-14-23-45/h5-6,9-43H,1,7-8H2,2-4H3/b21-9-,44-6+. The van der Waals surface area contributed by atoms with Gasteiger partial charge in [0, 0.05) is 38.8 Å². The minimum Gasteiger partial charge on any atom is -0.228 e. The van der Waals surface area contributed by atoms with Gasteiger partial charge in [0.05, 0.1) is 22.8 Å². The van der Waals surface area contributed by atoms with Crippen molar-refractivity contribution in [2.45, 2.75) is 39.0 Å². The van der Waals surface area contributed by atoms with E-state index in [1.807, 2.05) is 24.3 Å². The summed E-state index contributed by atoms with van der Waals surface area (Å²) in [6, 6.07) is 70.3. The molecule has 0 unspecified atom stereocenters. The summed E-state index contributed by atoms with van der Waals surface area (Å²) in [4.78, 5) is 20.7. The Morgan fingerprint density at radius 1 is 0.424 bits per heavy atom. The molecule has 9 rings (SSSR count). The highest BCUT2D eigenvalue weighted by Gasteiger charge is 2.31. The molecule has 0 fully saturated rings. The topological polar surface area (TPSA) is 51.6 Å². The van der Waals surface area contributed by atoms with Gasteiger partial charge in [0.25, 0.3) is 0 Å². The lowest BCUT2D eigenvalue weighted by Crippen LogP contribution is -2.26. The second-order valence-electron chi connectivity index (χ2n) is 16.5. The normalized spacial score (nSPS) is 11.8. The van der Waals surface area contributed by atoms with Crippen molar-refractivity contribution in [3.63, 3.8) is 0 Å². The molecule has 0 saturated heterocycles. The summed E-state index contributed by atoms with van der Waals surface area (Å²) in [5.41, 5.74) is 16.5. The maximum absolute atomic E-state index is 5.21. The van der Waals surface area contributed by atoms with Crippen molar-refractivity contribution in [1.82, 2.24) is 19.9 Å². The van der Waals surface area contributed by atoms with Crippen LogP contribution in [0.1, 0.15) is 50.3 Å². The monoisotopic (exact) mass is 852 g/mol. The molecule has 0 aliphatic heterocycles. The Labute approximate surface area is 389 Å². The molecule has 66 heavy (non-hydrogen) atoms. The summed E-state index contributed by atoms with van der Waals surface area (Å²) in [5, 5.41) is 0. The predicted octanol–water partition coefficient (Wildman–Crippen LogP) is 16.2. The quantitative estimate of drug-likeness (QED) is 0.102. The Morgan fingerprint density at radius 2 is 0.833 bits per heavy atom. The first kappa shape index (κ1) is 43.2. The highest BCUT2D eigenvalue weighted by molar-refractivity contribution is 5.79. The van der Waals surface area contributed by atoms with Crippen LogP contribution < -0.4 is 0 Å². The van der Waals surface area contributed by atoms with Crippen molar-refractivity contribution in [3.05, 3.63) is 248 Å². The fourth-order valence-corrected chi connectivity index (χ4v) is 8.95. The maximum Gasteiger partial charge on any atom is 0.160 e. The molecule has 0 spiro atoms. The fraction of sp³-hybridized carbons (Fsp3) is 0.0968. The van der Waals surface area contributed by atoms with Crippen LogP contribution in [0.4, 0.5) is 0 Å². The molecule has 9 aromatic rings. The first-order valence-electron chi connectivity index (χ1n) is 22.8. The van der Waals surface area contributed by atoms with E-state index >= 15 is 0 Å². The highest BCUT2D eigenvalue weighted by atomic mass is 14.9. The van der Waals surface area contributed by atoms with E-state index in [0.717, 1.165) is 85.7 Å². The SMILES string of the molecule is C=C/C=C\C(=C/C)c1cccc(-c2cc(-c3ccccc3)nc(-c3ccc(C(CC)(CC)c4ccc(-c5nc(-c6ccccc6)cc(-c6cccc(-c7ccccc7)c6)n5)cc4)cc3)n2)c1. The zero-order valence-electron chi connectivity index (χ0n) is 37.8. The van der Waals surface area contributed by atoms with Crippen LogP contribution in [0.15, 0.2) is 231 Å². The molecule has 7 aromatic carbocycles. The Balaban J connectivity index is 1.06. The van der Waals surface area contributed by atoms with Crippen molar-refractivity contribution >= 4 is 5.57 Å². The summed E-state index contributed by atoms with van der Waals surface area (Å²) in [6.07, 6.45) is 9.82. The molecular weight excluding hydrogens is 801 g/mol. The molecule has 0 amide bonds. The third kappa shape index (κ3) is 9.13. The van der Waals surface area contributed by atoms with Gasteiger partial charge >= 0.3 is 0 Å². The average Bonchev–Trinajstić information content (AvgIpc) is 3.40. The highest BCUT2D eigenvalue weighted by Crippen LogP contribution is 2.41. The van der Waals surface area contributed by atoms with Gasteiger partial charge in [0.15, 0.2) is 11.6 Å². The second kappa shape index (κ2) is 19.8. The summed E-state index contributed by atoms with van der Waals surface area (Å²) >= 11 is 0. The molecule has 4 heteroatoms. The van der Waals surface area contributed by atoms with Crippen molar-refractivity contribution in [2.24, 2.45) is 0 Å². The first-order chi connectivity index (χ1) is 32.5. The van der Waals surface area contributed by atoms with E-state index in [-0.39, 0.29) is 5.41 Å². The van der Waals surface area contributed by atoms with Crippen LogP contribution in [0, 0.1) is 0 Å². The third-order valence-corrected chi connectivity index (χ3v) is 12.7. The summed E-state index contributed by atoms with van der Waals surface area (Å²) < 4.78 is 0. The van der Waals surface area contributed by atoms with Gasteiger partial charge in [-0.3, -0.25) is 0 Å². The van der Waals surface area contributed by atoms with Gasteiger partial charge in [-0.2, -0.15) is 0 Å². The third-order valence-electron chi connectivity index (χ3n) is 12.7. The van der Waals surface area contributed by atoms with E-state index in [0.29, 0.717) is 11.6 Å². The van der Waals surface area contributed by atoms with Gasteiger partial charge in [0.2, 0.25) is 0 Å². The summed E-state index contributed by atoms with van der Waals surface area (Å²) in [7, 11) is 0. The summed E-state index contributed by atoms with van der Waals surface area (Å²) in [6.45, 7) is 10.5. The van der Waals surface area contributed by atoms with Gasteiger partial charge in [-0.05, 0) is 77.4 Å². The summed E-state index contributed by atoms with van der Waals surface area (Å²) in [5.74, 6) is 1.38. The molecule has 0 radical (unpaired) electrons. The zero-order chi connectivity index (χ0) is 45.3. The molecule has 0 atom stereocenters. The smallest absolute Gasteiger partial charge is 0.160 e. The van der Waals surface area contributed by atoms with Crippen molar-refractivity contribution in [2.75, 3.05) is 0 Å². The van der Waals surface area contributed by atoms with Gasteiger partial charge < -0.3 is 0 Å². The largest absolute Gasteiger partial charge is 0.228 e. The second-order valence-corrected chi connectivity index (χ2v) is 16.5. The number of rotatable bonds is 14. The Morgan fingerprint density at radius 3 is 1.29 bits per heavy atom. The van der Waals surface area contributed by atoms with E-state index in [1.54, 1.807) is 6.08 Å². The van der Waals surface area contributed by atoms with Gasteiger partial charge in [0.1, 0.15) is 0 Å². The van der Waals surface area contributed by atoms with Crippen molar-refractivity contribution in [1.29, 1.82) is 0 Å². The van der Waals surface area contributed by atoms with Gasteiger partial charge in [-0.15, -0.1) is 0 Å². The fourth-order valence-electron chi connectivity index (χ4n) is 8.95. The molecule has 2 aromatic heterocycles. The van der Waals surface area contributed by atoms with Crippen LogP contribution in [0.5, 0.6) is 0 Å². The molecule has 0 aliphatic carbocycles. The lowest BCUT2D eigenvalue weighted by Gasteiger charge is -2.33. The van der Waals surface area contributed by atoms with Crippen LogP contribution >= 0.6 is 0 Å². The molecule has 0 saturated carbocycles. The van der Waals surface area contributed by atoms with E-state index in [4.69, 9.17) is 19.9 Å². The van der Waals surface area contributed by atoms with Gasteiger partial charge in [-0.25, -0.2) is 19.9 Å². The molecule has 0 aliphatic rings. The molecule has 0 N–H and O–H groups in total. The molecular formula is C62H52N4. The Kier molecular flexibility index (Phi) is 12.9. The Bertz CT molecular complexity index is 3150. The van der Waals surface area contributed by atoms with Crippen LogP contribution in [-0.4, -0.2) is 19.9 Å². The van der Waals surface area contributed by atoms with E-state index in [9.17, 15) is 0 Å². The lowest BCUT2D eigenvalue weighted by atomic mass is 9.70. The minimum atomic E-state index is -0.213. The average molecular weight is 853 g/mol. The number of aromatic nitrogens is 4. The number of hydrogen-bond donors (Lipinski definition) is 0. The Hall–Kier alpha value is -8.08. The van der Waals surface area contributed by atoms with Crippen LogP contribution in [0.3, 0.4) is 0 Å². The first-order valence-corrected chi connectivity index (χ1v) is 22.8. The number of allylic oxidation sites excluding steroid dienone is 5. The number of benzene rings is 7. The predicted molar refractivity (Wildman–Crippen MR) is 276 cm³/mol. The lowest BCUT2D eigenvalue weighted by molar-refractivity contribution is 0.478. The van der Waals surface area contributed by atoms with Crippen molar-refractivity contribution in [3.8, 4) is 78.9 Å². The van der Waals surface area contributed by atoms with Crippen LogP contribution in [0.25, 0.3) is 84.5 Å². The molecule has 4 nitrogen and oxygen atoms in total. The van der Waals surface area contributed by atoms with Crippen molar-refractivity contribution < 1.29 is 0 Å². The van der Waals surface area contributed by atoms with Gasteiger partial charge in [-0.1, -0.05) is 221 Å². The molecule has 0 bridgehead atoms. The van der Waals surface area contributed by atoms with E-state index in [2.05, 4.69) is 221 Å². The zero-order valence-corrected chi connectivity index (χ0v) is 37.8. The maximum atomic E-state index is 5.21. The van der Waals surface area contributed by atoms with Crippen LogP contribution in [-0.2, 0) is 5.41 Å². The molecule has 320 valence electrons. The number of nitrogens with zero attached hydrogens (tertiary/aromatic N) is 4. The minimum absolute atomic E-state index is 0.213. The van der Waals surface area contributed by atoms with E-state index < -0.39 is 0 Å². The molecule has 2 heterocycles. The van der Waals surface area contributed by atoms with E-state index in [1.165, 1.54) is 16.7 Å². The number of hydrogen-bond acceptors (Lipinski definition) is 4.